The molecule has 0 bridgehead atoms. The fourth-order valence-electron chi connectivity index (χ4n) is 4.63. The van der Waals surface area contributed by atoms with Gasteiger partial charge in [0.2, 0.25) is 0 Å². The molecule has 0 N–H and O–H groups in total. The van der Waals surface area contributed by atoms with Crippen molar-refractivity contribution in [2.45, 2.75) is 25.3 Å². The summed E-state index contributed by atoms with van der Waals surface area (Å²) in [6.45, 7) is 0. The average molecular weight is 471 g/mol. The summed E-state index contributed by atoms with van der Waals surface area (Å²) in [6.07, 6.45) is 5.37. The van der Waals surface area contributed by atoms with Gasteiger partial charge in [-0.25, -0.2) is 5.01 Å². The molecule has 0 spiro atoms. The number of hydrogen-bond donors (Lipinski definition) is 0. The van der Waals surface area contributed by atoms with E-state index in [1.165, 1.54) is 11.1 Å². The fourth-order valence-corrected chi connectivity index (χ4v) is 4.89. The van der Waals surface area contributed by atoms with Crippen LogP contribution >= 0.6 is 15.9 Å². The van der Waals surface area contributed by atoms with Crippen molar-refractivity contribution in [1.82, 2.24) is 5.01 Å². The molecule has 1 amide bonds. The van der Waals surface area contributed by atoms with Gasteiger partial charge in [0.25, 0.3) is 5.91 Å². The second-order valence-corrected chi connectivity index (χ2v) is 8.99. The zero-order valence-corrected chi connectivity index (χ0v) is 18.7. The first-order chi connectivity index (χ1) is 15.2. The largest absolute Gasteiger partial charge is 0.274 e. The van der Waals surface area contributed by atoms with Crippen LogP contribution in [-0.2, 0) is 0 Å². The maximum absolute atomic E-state index is 13.5. The summed E-state index contributed by atoms with van der Waals surface area (Å²) >= 11 is 3.46. The van der Waals surface area contributed by atoms with Gasteiger partial charge in [-0.3, -0.25) is 4.79 Å². The lowest BCUT2D eigenvalue weighted by molar-refractivity contribution is 0.0681. The van der Waals surface area contributed by atoms with Gasteiger partial charge in [-0.2, -0.15) is 5.10 Å². The molecular formula is C27H23BrN2O. The van der Waals surface area contributed by atoms with Gasteiger partial charge < -0.3 is 0 Å². The lowest BCUT2D eigenvalue weighted by atomic mass is 9.77. The molecule has 2 aliphatic rings. The number of halogens is 1. The zero-order chi connectivity index (χ0) is 21.2. The van der Waals surface area contributed by atoms with Gasteiger partial charge in [0, 0.05) is 16.0 Å². The highest BCUT2D eigenvalue weighted by molar-refractivity contribution is 9.10. The number of amides is 1. The maximum Gasteiger partial charge on any atom is 0.274 e. The van der Waals surface area contributed by atoms with E-state index >= 15 is 0 Å². The SMILES string of the molecule is O=C(c1ccc(Br)cc1)N1N=C2/C(=C/c3ccccc3)CCC[C@H]2[C@H]1c1ccccc1. The van der Waals surface area contributed by atoms with Gasteiger partial charge in [0.05, 0.1) is 11.8 Å². The third-order valence-electron chi connectivity index (χ3n) is 6.08. The zero-order valence-electron chi connectivity index (χ0n) is 17.1. The Hall–Kier alpha value is -2.98. The van der Waals surface area contributed by atoms with Gasteiger partial charge in [-0.05, 0) is 66.3 Å². The first kappa shape index (κ1) is 20.0. The Morgan fingerprint density at radius 3 is 2.32 bits per heavy atom. The van der Waals surface area contributed by atoms with Crippen LogP contribution in [0.3, 0.4) is 0 Å². The molecular weight excluding hydrogens is 448 g/mol. The number of carbonyl (C=O) groups is 1. The molecule has 3 aromatic rings. The third-order valence-corrected chi connectivity index (χ3v) is 6.61. The van der Waals surface area contributed by atoms with Crippen LogP contribution in [0.25, 0.3) is 6.08 Å². The maximum atomic E-state index is 13.5. The molecule has 0 saturated heterocycles. The topological polar surface area (TPSA) is 32.7 Å². The van der Waals surface area contributed by atoms with Crippen molar-refractivity contribution in [3.8, 4) is 0 Å². The van der Waals surface area contributed by atoms with E-state index in [0.29, 0.717) is 5.56 Å². The molecule has 3 aromatic carbocycles. The average Bonchev–Trinajstić information content (AvgIpc) is 3.21. The molecule has 5 rings (SSSR count). The first-order valence-corrected chi connectivity index (χ1v) is 11.5. The Balaban J connectivity index is 1.57. The van der Waals surface area contributed by atoms with Crippen LogP contribution < -0.4 is 0 Å². The van der Waals surface area contributed by atoms with Crippen molar-refractivity contribution in [3.05, 3.63) is 112 Å². The number of benzene rings is 3. The molecule has 4 heteroatoms. The normalized spacial score (nSPS) is 21.6. The highest BCUT2D eigenvalue weighted by Gasteiger charge is 2.43. The van der Waals surface area contributed by atoms with Crippen LogP contribution in [0.2, 0.25) is 0 Å². The third kappa shape index (κ3) is 4.00. The number of rotatable bonds is 3. The van der Waals surface area contributed by atoms with Crippen molar-refractivity contribution in [2.24, 2.45) is 11.0 Å². The molecule has 1 aliphatic carbocycles. The van der Waals surface area contributed by atoms with E-state index in [2.05, 4.69) is 58.4 Å². The number of hydrogen-bond acceptors (Lipinski definition) is 2. The van der Waals surface area contributed by atoms with E-state index in [0.717, 1.165) is 35.0 Å². The minimum atomic E-state index is -0.0770. The molecule has 3 nitrogen and oxygen atoms in total. The summed E-state index contributed by atoms with van der Waals surface area (Å²) in [5, 5.41) is 6.69. The van der Waals surface area contributed by atoms with Gasteiger partial charge in [-0.1, -0.05) is 76.6 Å². The number of fused-ring (bicyclic) bond motifs is 1. The second-order valence-electron chi connectivity index (χ2n) is 8.08. The Morgan fingerprint density at radius 2 is 1.61 bits per heavy atom. The summed E-state index contributed by atoms with van der Waals surface area (Å²) in [6, 6.07) is 28.1. The first-order valence-electron chi connectivity index (χ1n) is 10.7. The van der Waals surface area contributed by atoms with Crippen LogP contribution in [0.1, 0.15) is 46.8 Å². The van der Waals surface area contributed by atoms with Crippen molar-refractivity contribution >= 4 is 33.6 Å². The summed E-state index contributed by atoms with van der Waals surface area (Å²) in [4.78, 5) is 13.5. The summed E-state index contributed by atoms with van der Waals surface area (Å²) in [5.41, 5.74) is 5.28. The van der Waals surface area contributed by atoms with E-state index in [1.807, 2.05) is 48.5 Å². The summed E-state index contributed by atoms with van der Waals surface area (Å²) < 4.78 is 0.957. The number of nitrogens with zero attached hydrogens (tertiary/aromatic N) is 2. The lowest BCUT2D eigenvalue weighted by Gasteiger charge is -2.29. The quantitative estimate of drug-likeness (QED) is 0.410. The molecule has 1 saturated carbocycles. The highest BCUT2D eigenvalue weighted by Crippen LogP contribution is 2.44. The standard InChI is InChI=1S/C27H23BrN2O/c28-23-16-14-21(15-17-23)27(31)30-26(20-10-5-2-6-11-20)24-13-7-12-22(25(24)29-30)18-19-8-3-1-4-9-19/h1-6,8-11,14-18,24,26H,7,12-13H2/b22-18+/t24-,26-/m1/s1. The highest BCUT2D eigenvalue weighted by atomic mass is 79.9. The Labute approximate surface area is 191 Å². The number of hydrazone groups is 1. The van der Waals surface area contributed by atoms with E-state index in [1.54, 1.807) is 5.01 Å². The van der Waals surface area contributed by atoms with Gasteiger partial charge in [0.15, 0.2) is 0 Å². The Bertz CT molecular complexity index is 1140. The lowest BCUT2D eigenvalue weighted by Crippen LogP contribution is -2.31. The van der Waals surface area contributed by atoms with Crippen LogP contribution in [-0.4, -0.2) is 16.6 Å². The van der Waals surface area contributed by atoms with Gasteiger partial charge in [0.1, 0.15) is 0 Å². The smallest absolute Gasteiger partial charge is 0.267 e. The van der Waals surface area contributed by atoms with E-state index in [9.17, 15) is 4.79 Å². The van der Waals surface area contributed by atoms with Crippen LogP contribution in [0, 0.1) is 5.92 Å². The molecule has 1 heterocycles. The van der Waals surface area contributed by atoms with Crippen molar-refractivity contribution < 1.29 is 4.79 Å². The van der Waals surface area contributed by atoms with E-state index in [4.69, 9.17) is 5.10 Å². The molecule has 2 atom stereocenters. The summed E-state index contributed by atoms with van der Waals surface area (Å²) in [5.74, 6) is 0.160. The molecule has 0 unspecified atom stereocenters. The second kappa shape index (κ2) is 8.64. The fraction of sp³-hybridized carbons (Fsp3) is 0.185. The minimum Gasteiger partial charge on any atom is -0.267 e. The monoisotopic (exact) mass is 470 g/mol. The Kier molecular flexibility index (Phi) is 5.56. The minimum absolute atomic E-state index is 0.0534. The van der Waals surface area contributed by atoms with Gasteiger partial charge in [-0.15, -0.1) is 0 Å². The number of allylic oxidation sites excluding steroid dienone is 1. The van der Waals surface area contributed by atoms with E-state index in [-0.39, 0.29) is 17.9 Å². The van der Waals surface area contributed by atoms with Gasteiger partial charge >= 0.3 is 0 Å². The molecule has 31 heavy (non-hydrogen) atoms. The number of carbonyl (C=O) groups excluding carboxylic acids is 1. The van der Waals surface area contributed by atoms with Crippen molar-refractivity contribution in [2.75, 3.05) is 0 Å². The Morgan fingerprint density at radius 1 is 0.935 bits per heavy atom. The summed E-state index contributed by atoms with van der Waals surface area (Å²) in [7, 11) is 0. The molecule has 154 valence electrons. The predicted molar refractivity (Wildman–Crippen MR) is 129 cm³/mol. The van der Waals surface area contributed by atoms with Crippen LogP contribution in [0.4, 0.5) is 0 Å². The molecule has 1 aliphatic heterocycles. The van der Waals surface area contributed by atoms with Crippen LogP contribution in [0.15, 0.2) is 100 Å². The van der Waals surface area contributed by atoms with Crippen molar-refractivity contribution in [3.63, 3.8) is 0 Å². The molecule has 1 fully saturated rings. The van der Waals surface area contributed by atoms with Crippen molar-refractivity contribution in [1.29, 1.82) is 0 Å². The molecule has 0 aromatic heterocycles. The molecule has 0 radical (unpaired) electrons. The predicted octanol–water partition coefficient (Wildman–Crippen LogP) is 6.89. The van der Waals surface area contributed by atoms with E-state index < -0.39 is 0 Å². The van der Waals surface area contributed by atoms with Crippen LogP contribution in [0.5, 0.6) is 0 Å².